The van der Waals surface area contributed by atoms with Crippen molar-refractivity contribution < 1.29 is 19.4 Å². The monoisotopic (exact) mass is 349 g/mol. The van der Waals surface area contributed by atoms with E-state index in [-0.39, 0.29) is 18.7 Å². The first kappa shape index (κ1) is 17.5. The number of fused-ring (bicyclic) bond motifs is 1. The van der Waals surface area contributed by atoms with Crippen LogP contribution in [0, 0.1) is 0 Å². The maximum atomic E-state index is 11.8. The molecule has 3 rings (SSSR count). The number of amides is 1. The van der Waals surface area contributed by atoms with Gasteiger partial charge in [-0.3, -0.25) is 9.59 Å². The molecule has 0 aliphatic rings. The summed E-state index contributed by atoms with van der Waals surface area (Å²) in [5, 5.41) is 13.5. The summed E-state index contributed by atoms with van der Waals surface area (Å²) < 4.78 is 5.96. The quantitative estimate of drug-likeness (QED) is 0.641. The SMILES string of the molecule is O=C(O)CCCC(=O)Nc1ccc(Oc2cccc3ccccc23)cc1. The van der Waals surface area contributed by atoms with Gasteiger partial charge in [-0.25, -0.2) is 0 Å². The van der Waals surface area contributed by atoms with Crippen molar-refractivity contribution >= 4 is 28.3 Å². The molecule has 0 fully saturated rings. The van der Waals surface area contributed by atoms with E-state index in [0.29, 0.717) is 17.9 Å². The van der Waals surface area contributed by atoms with E-state index in [1.54, 1.807) is 24.3 Å². The van der Waals surface area contributed by atoms with Gasteiger partial charge < -0.3 is 15.2 Å². The lowest BCUT2D eigenvalue weighted by molar-refractivity contribution is -0.137. The zero-order valence-electron chi connectivity index (χ0n) is 14.1. The number of ether oxygens (including phenoxy) is 1. The summed E-state index contributed by atoms with van der Waals surface area (Å²) in [4.78, 5) is 22.2. The van der Waals surface area contributed by atoms with Crippen molar-refractivity contribution in [2.24, 2.45) is 0 Å². The van der Waals surface area contributed by atoms with Gasteiger partial charge in [0, 0.05) is 23.9 Å². The Hall–Kier alpha value is -3.34. The number of rotatable bonds is 7. The number of benzene rings is 3. The van der Waals surface area contributed by atoms with E-state index in [4.69, 9.17) is 9.84 Å². The van der Waals surface area contributed by atoms with E-state index < -0.39 is 5.97 Å². The Morgan fingerprint density at radius 3 is 2.38 bits per heavy atom. The van der Waals surface area contributed by atoms with Gasteiger partial charge in [-0.05, 0) is 42.1 Å². The molecule has 0 spiro atoms. The molecule has 0 saturated heterocycles. The van der Waals surface area contributed by atoms with Gasteiger partial charge in [0.05, 0.1) is 0 Å². The highest BCUT2D eigenvalue weighted by Crippen LogP contribution is 2.30. The Balaban J connectivity index is 1.62. The molecule has 0 aliphatic heterocycles. The van der Waals surface area contributed by atoms with Gasteiger partial charge in [0.15, 0.2) is 0 Å². The molecular formula is C21H19NO4. The molecule has 0 atom stereocenters. The van der Waals surface area contributed by atoms with Gasteiger partial charge in [-0.2, -0.15) is 0 Å². The third kappa shape index (κ3) is 4.60. The zero-order chi connectivity index (χ0) is 18.4. The lowest BCUT2D eigenvalue weighted by Crippen LogP contribution is -2.11. The molecule has 0 saturated carbocycles. The van der Waals surface area contributed by atoms with Crippen LogP contribution in [-0.4, -0.2) is 17.0 Å². The number of hydrogen-bond donors (Lipinski definition) is 2. The predicted octanol–water partition coefficient (Wildman–Crippen LogP) is 4.83. The molecule has 3 aromatic carbocycles. The maximum absolute atomic E-state index is 11.8. The average molecular weight is 349 g/mol. The van der Waals surface area contributed by atoms with Gasteiger partial charge in [0.25, 0.3) is 0 Å². The minimum absolute atomic E-state index is 0.00870. The largest absolute Gasteiger partial charge is 0.481 e. The van der Waals surface area contributed by atoms with Gasteiger partial charge in [-0.15, -0.1) is 0 Å². The fourth-order valence-electron chi connectivity index (χ4n) is 2.64. The minimum atomic E-state index is -0.896. The normalized spacial score (nSPS) is 10.5. The Kier molecular flexibility index (Phi) is 5.49. The molecule has 26 heavy (non-hydrogen) atoms. The van der Waals surface area contributed by atoms with E-state index in [1.807, 2.05) is 42.5 Å². The van der Waals surface area contributed by atoms with Crippen LogP contribution in [0.5, 0.6) is 11.5 Å². The number of carboxylic acids is 1. The molecule has 0 aliphatic carbocycles. The van der Waals surface area contributed by atoms with Crippen LogP contribution in [0.3, 0.4) is 0 Å². The molecule has 0 radical (unpaired) electrons. The van der Waals surface area contributed by atoms with E-state index in [0.717, 1.165) is 16.5 Å². The second-order valence-corrected chi connectivity index (χ2v) is 5.90. The second kappa shape index (κ2) is 8.16. The van der Waals surface area contributed by atoms with Gasteiger partial charge >= 0.3 is 5.97 Å². The minimum Gasteiger partial charge on any atom is -0.481 e. The van der Waals surface area contributed by atoms with Crippen molar-refractivity contribution in [3.63, 3.8) is 0 Å². The van der Waals surface area contributed by atoms with Crippen LogP contribution in [0.25, 0.3) is 10.8 Å². The second-order valence-electron chi connectivity index (χ2n) is 5.90. The van der Waals surface area contributed by atoms with Gasteiger partial charge in [0.1, 0.15) is 11.5 Å². The van der Waals surface area contributed by atoms with Crippen LogP contribution in [0.1, 0.15) is 19.3 Å². The molecule has 2 N–H and O–H groups in total. The molecule has 5 heteroatoms. The van der Waals surface area contributed by atoms with E-state index in [9.17, 15) is 9.59 Å². The number of nitrogens with one attached hydrogen (secondary N) is 1. The molecule has 0 unspecified atom stereocenters. The van der Waals surface area contributed by atoms with Crippen LogP contribution in [0.2, 0.25) is 0 Å². The lowest BCUT2D eigenvalue weighted by atomic mass is 10.1. The van der Waals surface area contributed by atoms with E-state index >= 15 is 0 Å². The summed E-state index contributed by atoms with van der Waals surface area (Å²) in [7, 11) is 0. The first-order valence-corrected chi connectivity index (χ1v) is 8.39. The summed E-state index contributed by atoms with van der Waals surface area (Å²) >= 11 is 0. The van der Waals surface area contributed by atoms with Crippen LogP contribution >= 0.6 is 0 Å². The van der Waals surface area contributed by atoms with Crippen molar-refractivity contribution in [1.82, 2.24) is 0 Å². The van der Waals surface area contributed by atoms with E-state index in [2.05, 4.69) is 5.32 Å². The van der Waals surface area contributed by atoms with Crippen LogP contribution in [0.15, 0.2) is 66.7 Å². The smallest absolute Gasteiger partial charge is 0.303 e. The van der Waals surface area contributed by atoms with Gasteiger partial charge in [0.2, 0.25) is 5.91 Å². The van der Waals surface area contributed by atoms with E-state index in [1.165, 1.54) is 0 Å². The average Bonchev–Trinajstić information content (AvgIpc) is 2.63. The lowest BCUT2D eigenvalue weighted by Gasteiger charge is -2.10. The highest BCUT2D eigenvalue weighted by atomic mass is 16.5. The zero-order valence-corrected chi connectivity index (χ0v) is 14.1. The molecule has 0 bridgehead atoms. The molecule has 1 amide bonds. The molecule has 0 heterocycles. The number of carbonyl (C=O) groups excluding carboxylic acids is 1. The number of hydrogen-bond acceptors (Lipinski definition) is 3. The Morgan fingerprint density at radius 1 is 0.885 bits per heavy atom. The summed E-state index contributed by atoms with van der Waals surface area (Å²) in [5.41, 5.74) is 0.649. The summed E-state index contributed by atoms with van der Waals surface area (Å²) in [5.74, 6) is 0.348. The summed E-state index contributed by atoms with van der Waals surface area (Å²) in [6, 6.07) is 21.0. The molecule has 0 aromatic heterocycles. The Labute approximate surface area is 151 Å². The Morgan fingerprint density at radius 2 is 1.62 bits per heavy atom. The topological polar surface area (TPSA) is 75.6 Å². The molecule has 5 nitrogen and oxygen atoms in total. The number of anilines is 1. The van der Waals surface area contributed by atoms with Crippen molar-refractivity contribution in [2.45, 2.75) is 19.3 Å². The fourth-order valence-corrected chi connectivity index (χ4v) is 2.64. The Bertz CT molecular complexity index is 913. The predicted molar refractivity (Wildman–Crippen MR) is 101 cm³/mol. The highest BCUT2D eigenvalue weighted by Gasteiger charge is 2.06. The third-order valence-corrected chi connectivity index (χ3v) is 3.91. The van der Waals surface area contributed by atoms with Crippen molar-refractivity contribution in [1.29, 1.82) is 0 Å². The van der Waals surface area contributed by atoms with Crippen LogP contribution < -0.4 is 10.1 Å². The van der Waals surface area contributed by atoms with Crippen LogP contribution in [0.4, 0.5) is 5.69 Å². The first-order chi connectivity index (χ1) is 12.6. The van der Waals surface area contributed by atoms with Crippen molar-refractivity contribution in [2.75, 3.05) is 5.32 Å². The number of aliphatic carboxylic acids is 1. The number of carboxylic acid groups (broad SMARTS) is 1. The first-order valence-electron chi connectivity index (χ1n) is 8.39. The summed E-state index contributed by atoms with van der Waals surface area (Å²) in [6.07, 6.45) is 0.495. The molecule has 3 aromatic rings. The van der Waals surface area contributed by atoms with Gasteiger partial charge in [-0.1, -0.05) is 36.4 Å². The fraction of sp³-hybridized carbons (Fsp3) is 0.143. The highest BCUT2D eigenvalue weighted by molar-refractivity contribution is 5.91. The van der Waals surface area contributed by atoms with Crippen LogP contribution in [-0.2, 0) is 9.59 Å². The van der Waals surface area contributed by atoms with Crippen molar-refractivity contribution in [3.05, 3.63) is 66.7 Å². The third-order valence-electron chi connectivity index (χ3n) is 3.91. The van der Waals surface area contributed by atoms with Crippen molar-refractivity contribution in [3.8, 4) is 11.5 Å². The molecule has 132 valence electrons. The molecular weight excluding hydrogens is 330 g/mol. The maximum Gasteiger partial charge on any atom is 0.303 e. The standard InChI is InChI=1S/C21H19NO4/c23-20(9-4-10-21(24)25)22-16-11-13-17(14-12-16)26-19-8-3-6-15-5-1-2-7-18(15)19/h1-3,5-8,11-14H,4,9-10H2,(H,22,23)(H,24,25). The number of carbonyl (C=O) groups is 2. The summed E-state index contributed by atoms with van der Waals surface area (Å²) in [6.45, 7) is 0.